The van der Waals surface area contributed by atoms with Crippen LogP contribution in [0, 0.1) is 6.92 Å². The smallest absolute Gasteiger partial charge is 0.290 e. The van der Waals surface area contributed by atoms with Gasteiger partial charge in [0.05, 0.1) is 13.5 Å². The Bertz CT molecular complexity index is 818. The number of rotatable bonds is 5. The van der Waals surface area contributed by atoms with Gasteiger partial charge in [0, 0.05) is 31.5 Å². The summed E-state index contributed by atoms with van der Waals surface area (Å²) in [6.07, 6.45) is 4.20. The standard InChI is InChI=1S/C18H22N4O3/c1-12-9-15(25-2)4-3-13(12)10-16(23)21-14-5-8-22(11-14)17-18(24)20-7-6-19-17/h3-4,6-7,9,14H,5,8,10-11H2,1-2H3,(H,20,24)(H,21,23)/t14-/m0/s1. The van der Waals surface area contributed by atoms with Gasteiger partial charge in [-0.2, -0.15) is 0 Å². The average Bonchev–Trinajstić information content (AvgIpc) is 3.05. The van der Waals surface area contributed by atoms with Crippen molar-refractivity contribution in [2.75, 3.05) is 25.1 Å². The molecule has 1 aliphatic heterocycles. The summed E-state index contributed by atoms with van der Waals surface area (Å²) in [6.45, 7) is 3.26. The van der Waals surface area contributed by atoms with Crippen LogP contribution in [0.15, 0.2) is 35.4 Å². The van der Waals surface area contributed by atoms with Gasteiger partial charge < -0.3 is 19.9 Å². The number of nitrogens with zero attached hydrogens (tertiary/aromatic N) is 2. The average molecular weight is 342 g/mol. The Hall–Kier alpha value is -2.83. The Morgan fingerprint density at radius 3 is 3.04 bits per heavy atom. The molecular weight excluding hydrogens is 320 g/mol. The second kappa shape index (κ2) is 7.38. The summed E-state index contributed by atoms with van der Waals surface area (Å²) in [5.74, 6) is 1.17. The molecule has 0 spiro atoms. The highest BCUT2D eigenvalue weighted by atomic mass is 16.5. The molecule has 7 heteroatoms. The Morgan fingerprint density at radius 1 is 1.48 bits per heavy atom. The van der Waals surface area contributed by atoms with Gasteiger partial charge in [-0.3, -0.25) is 9.59 Å². The van der Waals surface area contributed by atoms with Crippen molar-refractivity contribution in [3.8, 4) is 5.75 Å². The highest BCUT2D eigenvalue weighted by Gasteiger charge is 2.26. The third-order valence-corrected chi connectivity index (χ3v) is 4.44. The van der Waals surface area contributed by atoms with E-state index in [-0.39, 0.29) is 17.5 Å². The Kier molecular flexibility index (Phi) is 5.02. The summed E-state index contributed by atoms with van der Waals surface area (Å²) < 4.78 is 5.19. The molecule has 1 fully saturated rings. The van der Waals surface area contributed by atoms with Gasteiger partial charge in [-0.1, -0.05) is 6.07 Å². The molecule has 3 rings (SSSR count). The van der Waals surface area contributed by atoms with Gasteiger partial charge in [0.25, 0.3) is 5.56 Å². The van der Waals surface area contributed by atoms with Gasteiger partial charge in [-0.25, -0.2) is 4.98 Å². The minimum Gasteiger partial charge on any atom is -0.497 e. The normalized spacial score (nSPS) is 16.7. The van der Waals surface area contributed by atoms with E-state index >= 15 is 0 Å². The third kappa shape index (κ3) is 3.99. The van der Waals surface area contributed by atoms with Crippen molar-refractivity contribution in [2.45, 2.75) is 25.8 Å². The van der Waals surface area contributed by atoms with Gasteiger partial charge in [0.15, 0.2) is 5.82 Å². The molecule has 1 aliphatic rings. The Balaban J connectivity index is 1.57. The number of amides is 1. The van der Waals surface area contributed by atoms with E-state index in [2.05, 4.69) is 15.3 Å². The number of benzene rings is 1. The van der Waals surface area contributed by atoms with Crippen LogP contribution in [0.3, 0.4) is 0 Å². The van der Waals surface area contributed by atoms with Crippen molar-refractivity contribution >= 4 is 11.7 Å². The topological polar surface area (TPSA) is 87.3 Å². The number of hydrogen-bond acceptors (Lipinski definition) is 5. The molecule has 132 valence electrons. The monoisotopic (exact) mass is 342 g/mol. The van der Waals surface area contributed by atoms with E-state index in [9.17, 15) is 9.59 Å². The van der Waals surface area contributed by atoms with E-state index in [0.717, 1.165) is 23.3 Å². The van der Waals surface area contributed by atoms with Crippen molar-refractivity contribution in [3.63, 3.8) is 0 Å². The zero-order valence-corrected chi connectivity index (χ0v) is 14.4. The number of hydrogen-bond donors (Lipinski definition) is 2. The van der Waals surface area contributed by atoms with E-state index < -0.39 is 0 Å². The summed E-state index contributed by atoms with van der Waals surface area (Å²) in [7, 11) is 1.62. The maximum Gasteiger partial charge on any atom is 0.290 e. The molecule has 1 atom stereocenters. The first kappa shape index (κ1) is 17.0. The lowest BCUT2D eigenvalue weighted by Crippen LogP contribution is -2.39. The second-order valence-electron chi connectivity index (χ2n) is 6.21. The van der Waals surface area contributed by atoms with Crippen LogP contribution in [0.2, 0.25) is 0 Å². The van der Waals surface area contributed by atoms with Crippen LogP contribution in [-0.4, -0.2) is 42.1 Å². The van der Waals surface area contributed by atoms with Crippen LogP contribution in [0.4, 0.5) is 5.82 Å². The molecule has 1 saturated heterocycles. The number of aromatic amines is 1. The molecule has 1 amide bonds. The van der Waals surface area contributed by atoms with Gasteiger partial charge in [0.1, 0.15) is 5.75 Å². The van der Waals surface area contributed by atoms with E-state index in [0.29, 0.717) is 25.3 Å². The molecule has 0 unspecified atom stereocenters. The first-order chi connectivity index (χ1) is 12.1. The fourth-order valence-electron chi connectivity index (χ4n) is 3.09. The quantitative estimate of drug-likeness (QED) is 0.847. The summed E-state index contributed by atoms with van der Waals surface area (Å²) in [6, 6.07) is 5.72. The zero-order chi connectivity index (χ0) is 17.8. The van der Waals surface area contributed by atoms with Crippen LogP contribution in [0.5, 0.6) is 5.75 Å². The number of ether oxygens (including phenoxy) is 1. The first-order valence-electron chi connectivity index (χ1n) is 8.28. The molecule has 1 aromatic carbocycles. The lowest BCUT2D eigenvalue weighted by Gasteiger charge is -2.17. The SMILES string of the molecule is COc1ccc(CC(=O)N[C@H]2CCN(c3ncc[nH]c3=O)C2)c(C)c1. The lowest BCUT2D eigenvalue weighted by atomic mass is 10.0. The Morgan fingerprint density at radius 2 is 2.32 bits per heavy atom. The molecule has 2 N–H and O–H groups in total. The van der Waals surface area contributed by atoms with E-state index in [4.69, 9.17) is 4.74 Å². The van der Waals surface area contributed by atoms with Crippen molar-refractivity contribution in [1.82, 2.24) is 15.3 Å². The largest absolute Gasteiger partial charge is 0.497 e. The minimum absolute atomic E-state index is 0.0185. The summed E-state index contributed by atoms with van der Waals surface area (Å²) in [5.41, 5.74) is 1.81. The summed E-state index contributed by atoms with van der Waals surface area (Å²) in [5, 5.41) is 3.05. The van der Waals surface area contributed by atoms with E-state index in [1.54, 1.807) is 13.3 Å². The maximum absolute atomic E-state index is 12.3. The Labute approximate surface area is 146 Å². The van der Waals surface area contributed by atoms with Crippen molar-refractivity contribution in [3.05, 3.63) is 52.1 Å². The lowest BCUT2D eigenvalue weighted by molar-refractivity contribution is -0.121. The number of carbonyl (C=O) groups is 1. The van der Waals surface area contributed by atoms with Gasteiger partial charge in [-0.15, -0.1) is 0 Å². The molecule has 2 heterocycles. The van der Waals surface area contributed by atoms with Crippen LogP contribution < -0.4 is 20.5 Å². The number of aryl methyl sites for hydroxylation is 1. The van der Waals surface area contributed by atoms with E-state index in [1.165, 1.54) is 6.20 Å². The first-order valence-corrected chi connectivity index (χ1v) is 8.28. The van der Waals surface area contributed by atoms with Crippen LogP contribution in [0.1, 0.15) is 17.5 Å². The number of aromatic nitrogens is 2. The number of anilines is 1. The van der Waals surface area contributed by atoms with Crippen LogP contribution in [-0.2, 0) is 11.2 Å². The molecule has 7 nitrogen and oxygen atoms in total. The molecular formula is C18H22N4O3. The molecule has 0 bridgehead atoms. The molecule has 0 aliphatic carbocycles. The molecule has 0 saturated carbocycles. The number of nitrogens with one attached hydrogen (secondary N) is 2. The fraction of sp³-hybridized carbons (Fsp3) is 0.389. The zero-order valence-electron chi connectivity index (χ0n) is 14.4. The highest BCUT2D eigenvalue weighted by molar-refractivity contribution is 5.79. The van der Waals surface area contributed by atoms with Gasteiger partial charge in [0.2, 0.25) is 5.91 Å². The molecule has 25 heavy (non-hydrogen) atoms. The number of methoxy groups -OCH3 is 1. The van der Waals surface area contributed by atoms with Crippen LogP contribution >= 0.6 is 0 Å². The van der Waals surface area contributed by atoms with Gasteiger partial charge in [-0.05, 0) is 36.6 Å². The predicted octanol–water partition coefficient (Wildman–Crippen LogP) is 1.02. The van der Waals surface area contributed by atoms with Crippen LogP contribution in [0.25, 0.3) is 0 Å². The summed E-state index contributed by atoms with van der Waals surface area (Å²) in [4.78, 5) is 32.8. The summed E-state index contributed by atoms with van der Waals surface area (Å²) >= 11 is 0. The number of H-pyrrole nitrogens is 1. The van der Waals surface area contributed by atoms with Gasteiger partial charge >= 0.3 is 0 Å². The molecule has 2 aromatic rings. The molecule has 1 aromatic heterocycles. The van der Waals surface area contributed by atoms with Crippen molar-refractivity contribution in [1.29, 1.82) is 0 Å². The van der Waals surface area contributed by atoms with E-state index in [1.807, 2.05) is 30.0 Å². The number of carbonyl (C=O) groups excluding carboxylic acids is 1. The predicted molar refractivity (Wildman–Crippen MR) is 95.1 cm³/mol. The second-order valence-corrected chi connectivity index (χ2v) is 6.21. The fourth-order valence-corrected chi connectivity index (χ4v) is 3.09. The maximum atomic E-state index is 12.3. The highest BCUT2D eigenvalue weighted by Crippen LogP contribution is 2.18. The third-order valence-electron chi connectivity index (χ3n) is 4.44. The van der Waals surface area contributed by atoms with Crippen molar-refractivity contribution < 1.29 is 9.53 Å². The molecule has 0 radical (unpaired) electrons. The minimum atomic E-state index is -0.205. The van der Waals surface area contributed by atoms with Crippen molar-refractivity contribution in [2.24, 2.45) is 0 Å².